The molecule has 0 saturated heterocycles. The molecule has 3 aromatic carbocycles. The minimum atomic E-state index is -0.933. The number of carbonyl (C=O) groups excluding carboxylic acids is 2. The van der Waals surface area contributed by atoms with Gasteiger partial charge in [-0.2, -0.15) is 0 Å². The highest BCUT2D eigenvalue weighted by Gasteiger charge is 2.34. The van der Waals surface area contributed by atoms with E-state index in [0.29, 0.717) is 5.56 Å². The van der Waals surface area contributed by atoms with Gasteiger partial charge in [-0.3, -0.25) is 19.7 Å². The van der Waals surface area contributed by atoms with Crippen LogP contribution < -0.4 is 5.32 Å². The molecule has 0 aliphatic heterocycles. The molecule has 0 heterocycles. The average Bonchev–Trinajstić information content (AvgIpc) is 2.78. The first kappa shape index (κ1) is 23.7. The van der Waals surface area contributed by atoms with Crippen LogP contribution in [0.1, 0.15) is 48.3 Å². The Morgan fingerprint density at radius 2 is 1.55 bits per heavy atom. The van der Waals surface area contributed by atoms with Crippen molar-refractivity contribution in [2.45, 2.75) is 38.9 Å². The smallest absolute Gasteiger partial charge is 0.270 e. The number of hydrogen-bond acceptors (Lipinski definition) is 4. The maximum atomic E-state index is 13.7. The second-order valence-corrected chi connectivity index (χ2v) is 8.78. The molecule has 170 valence electrons. The highest BCUT2D eigenvalue weighted by atomic mass is 16.6. The Balaban J connectivity index is 2.11. The molecular formula is C26H27N3O4. The van der Waals surface area contributed by atoms with E-state index < -0.39 is 22.4 Å². The van der Waals surface area contributed by atoms with Crippen molar-refractivity contribution in [2.24, 2.45) is 0 Å². The largest absolute Gasteiger partial charge is 0.349 e. The van der Waals surface area contributed by atoms with Gasteiger partial charge in [-0.15, -0.1) is 0 Å². The number of hydrogen-bond donors (Lipinski definition) is 1. The summed E-state index contributed by atoms with van der Waals surface area (Å²) in [5.74, 6) is -0.802. The third-order valence-corrected chi connectivity index (χ3v) is 4.93. The van der Waals surface area contributed by atoms with Crippen LogP contribution in [0.4, 0.5) is 5.69 Å². The Bertz CT molecular complexity index is 1130. The molecule has 0 spiro atoms. The van der Waals surface area contributed by atoms with Gasteiger partial charge in [-0.25, -0.2) is 0 Å². The Kier molecular flexibility index (Phi) is 7.23. The zero-order valence-electron chi connectivity index (χ0n) is 18.9. The fourth-order valence-electron chi connectivity index (χ4n) is 3.52. The van der Waals surface area contributed by atoms with E-state index in [4.69, 9.17) is 0 Å². The first-order valence-electron chi connectivity index (χ1n) is 10.6. The predicted molar refractivity (Wildman–Crippen MR) is 126 cm³/mol. The van der Waals surface area contributed by atoms with E-state index in [1.807, 2.05) is 69.3 Å². The van der Waals surface area contributed by atoms with Crippen LogP contribution in [-0.4, -0.2) is 27.2 Å². The first-order valence-corrected chi connectivity index (χ1v) is 10.6. The Labute approximate surface area is 193 Å². The molecule has 0 aliphatic carbocycles. The molecule has 1 atom stereocenters. The molecule has 1 N–H and O–H groups in total. The number of benzene rings is 3. The summed E-state index contributed by atoms with van der Waals surface area (Å²) in [6.45, 7) is 5.77. The number of carbonyl (C=O) groups is 2. The highest BCUT2D eigenvalue weighted by Crippen LogP contribution is 2.27. The van der Waals surface area contributed by atoms with Crippen molar-refractivity contribution in [3.8, 4) is 0 Å². The highest BCUT2D eigenvalue weighted by molar-refractivity contribution is 5.98. The van der Waals surface area contributed by atoms with Gasteiger partial charge in [0.05, 0.1) is 4.92 Å². The maximum Gasteiger partial charge on any atom is 0.270 e. The monoisotopic (exact) mass is 445 g/mol. The summed E-state index contributed by atoms with van der Waals surface area (Å²) in [7, 11) is 0. The second-order valence-electron chi connectivity index (χ2n) is 8.78. The molecule has 7 heteroatoms. The van der Waals surface area contributed by atoms with Crippen molar-refractivity contribution in [3.05, 3.63) is 112 Å². The van der Waals surface area contributed by atoms with Crippen LogP contribution in [0.15, 0.2) is 84.9 Å². The quantitative estimate of drug-likeness (QED) is 0.414. The van der Waals surface area contributed by atoms with Crippen molar-refractivity contribution in [3.63, 3.8) is 0 Å². The van der Waals surface area contributed by atoms with Crippen molar-refractivity contribution in [1.82, 2.24) is 10.2 Å². The third-order valence-electron chi connectivity index (χ3n) is 4.93. The molecule has 1 unspecified atom stereocenters. The lowest BCUT2D eigenvalue weighted by Crippen LogP contribution is -2.49. The van der Waals surface area contributed by atoms with E-state index in [1.165, 1.54) is 29.2 Å². The summed E-state index contributed by atoms with van der Waals surface area (Å²) in [6, 6.07) is 23.0. The van der Waals surface area contributed by atoms with Crippen molar-refractivity contribution >= 4 is 17.5 Å². The minimum Gasteiger partial charge on any atom is -0.349 e. The zero-order chi connectivity index (χ0) is 24.0. The summed E-state index contributed by atoms with van der Waals surface area (Å²) in [4.78, 5) is 39.4. The van der Waals surface area contributed by atoms with Crippen LogP contribution in [0.2, 0.25) is 0 Å². The molecule has 0 saturated carbocycles. The van der Waals surface area contributed by atoms with E-state index >= 15 is 0 Å². The lowest BCUT2D eigenvalue weighted by atomic mass is 9.99. The lowest BCUT2D eigenvalue weighted by molar-refractivity contribution is -0.384. The second kappa shape index (κ2) is 10.1. The number of nitrogens with zero attached hydrogens (tertiary/aromatic N) is 2. The van der Waals surface area contributed by atoms with E-state index in [-0.39, 0.29) is 23.7 Å². The van der Waals surface area contributed by atoms with Gasteiger partial charge in [-0.1, -0.05) is 66.7 Å². The van der Waals surface area contributed by atoms with Gasteiger partial charge in [0, 0.05) is 29.8 Å². The van der Waals surface area contributed by atoms with Crippen LogP contribution in [-0.2, 0) is 11.3 Å². The van der Waals surface area contributed by atoms with Crippen LogP contribution in [0.3, 0.4) is 0 Å². The predicted octanol–water partition coefficient (Wildman–Crippen LogP) is 4.89. The molecule has 0 radical (unpaired) electrons. The van der Waals surface area contributed by atoms with Gasteiger partial charge >= 0.3 is 0 Å². The Morgan fingerprint density at radius 1 is 0.939 bits per heavy atom. The molecule has 0 bridgehead atoms. The Hall–Kier alpha value is -4.00. The molecular weight excluding hydrogens is 418 g/mol. The number of nitro groups is 1. The van der Waals surface area contributed by atoms with Crippen molar-refractivity contribution in [1.29, 1.82) is 0 Å². The summed E-state index contributed by atoms with van der Waals surface area (Å²) < 4.78 is 0. The van der Waals surface area contributed by atoms with Crippen LogP contribution in [0.25, 0.3) is 0 Å². The van der Waals surface area contributed by atoms with Gasteiger partial charge in [0.25, 0.3) is 11.6 Å². The number of rotatable bonds is 7. The van der Waals surface area contributed by atoms with Gasteiger partial charge < -0.3 is 10.2 Å². The van der Waals surface area contributed by atoms with Crippen LogP contribution >= 0.6 is 0 Å². The average molecular weight is 446 g/mol. The summed E-state index contributed by atoms with van der Waals surface area (Å²) in [6.07, 6.45) is 0. The number of amides is 2. The fraction of sp³-hybridized carbons (Fsp3) is 0.231. The topological polar surface area (TPSA) is 92.6 Å². The molecule has 2 amide bonds. The Morgan fingerprint density at radius 3 is 2.12 bits per heavy atom. The van der Waals surface area contributed by atoms with Gasteiger partial charge in [-0.05, 0) is 38.0 Å². The van der Waals surface area contributed by atoms with Crippen LogP contribution in [0, 0.1) is 10.1 Å². The first-order chi connectivity index (χ1) is 15.7. The van der Waals surface area contributed by atoms with E-state index in [2.05, 4.69) is 5.32 Å². The molecule has 3 aromatic rings. The zero-order valence-corrected chi connectivity index (χ0v) is 18.9. The van der Waals surface area contributed by atoms with Gasteiger partial charge in [0.1, 0.15) is 6.04 Å². The van der Waals surface area contributed by atoms with Gasteiger partial charge in [0.2, 0.25) is 5.91 Å². The van der Waals surface area contributed by atoms with E-state index in [1.54, 1.807) is 12.1 Å². The van der Waals surface area contributed by atoms with E-state index in [0.717, 1.165) is 5.56 Å². The molecule has 0 aliphatic rings. The summed E-state index contributed by atoms with van der Waals surface area (Å²) in [5.41, 5.74) is 0.923. The maximum absolute atomic E-state index is 13.7. The molecule has 0 aromatic heterocycles. The molecule has 7 nitrogen and oxygen atoms in total. The third kappa shape index (κ3) is 6.26. The fourth-order valence-corrected chi connectivity index (χ4v) is 3.52. The normalized spacial score (nSPS) is 12.0. The lowest BCUT2D eigenvalue weighted by Gasteiger charge is -2.34. The van der Waals surface area contributed by atoms with Gasteiger partial charge in [0.15, 0.2) is 0 Å². The van der Waals surface area contributed by atoms with Crippen molar-refractivity contribution in [2.75, 3.05) is 0 Å². The summed E-state index contributed by atoms with van der Waals surface area (Å²) in [5, 5.41) is 14.3. The number of nitrogens with one attached hydrogen (secondary N) is 1. The molecule has 0 fully saturated rings. The summed E-state index contributed by atoms with van der Waals surface area (Å²) >= 11 is 0. The number of nitro benzene ring substituents is 1. The molecule has 33 heavy (non-hydrogen) atoms. The SMILES string of the molecule is CC(C)(C)NC(=O)C(c1ccccc1)N(Cc1ccccc1)C(=O)c1cccc([N+](=O)[O-])c1. The van der Waals surface area contributed by atoms with E-state index in [9.17, 15) is 19.7 Å². The standard InChI is InChI=1S/C26H27N3O4/c1-26(2,3)27-24(30)23(20-13-8-5-9-14-20)28(18-19-11-6-4-7-12-19)25(31)21-15-10-16-22(17-21)29(32)33/h4-17,23H,18H2,1-3H3,(H,27,30). The molecule has 3 rings (SSSR count). The minimum absolute atomic E-state index is 0.143. The van der Waals surface area contributed by atoms with Crippen LogP contribution in [0.5, 0.6) is 0 Å². The van der Waals surface area contributed by atoms with Crippen molar-refractivity contribution < 1.29 is 14.5 Å². The number of non-ortho nitro benzene ring substituents is 1.